The third kappa shape index (κ3) is 3.44. The smallest absolute Gasteiger partial charge is 0.308 e. The summed E-state index contributed by atoms with van der Waals surface area (Å²) in [5, 5.41) is 13.4. The highest BCUT2D eigenvalue weighted by molar-refractivity contribution is 5.88. The molecule has 3 saturated carbocycles. The summed E-state index contributed by atoms with van der Waals surface area (Å²) in [5.41, 5.74) is 3.50. The molecule has 3 N–H and O–H groups in total. The first-order valence-corrected chi connectivity index (χ1v) is 11.3. The van der Waals surface area contributed by atoms with Crippen molar-refractivity contribution in [2.24, 2.45) is 17.8 Å². The molecule has 3 fully saturated rings. The van der Waals surface area contributed by atoms with E-state index in [2.05, 4.69) is 20.3 Å². The summed E-state index contributed by atoms with van der Waals surface area (Å²) in [6.07, 6.45) is 9.18. The van der Waals surface area contributed by atoms with E-state index in [1.807, 2.05) is 25.1 Å². The van der Waals surface area contributed by atoms with Crippen molar-refractivity contribution in [1.82, 2.24) is 24.9 Å². The molecule has 0 aromatic carbocycles. The first kappa shape index (κ1) is 19.9. The van der Waals surface area contributed by atoms with Crippen molar-refractivity contribution in [2.45, 2.75) is 38.6 Å². The number of hydrogen-bond donors (Lipinski definition) is 3. The van der Waals surface area contributed by atoms with Crippen molar-refractivity contribution in [1.29, 1.82) is 0 Å². The molecule has 2 unspecified atom stereocenters. The maximum Gasteiger partial charge on any atom is 0.308 e. The summed E-state index contributed by atoms with van der Waals surface area (Å²) in [6, 6.07) is 5.32. The van der Waals surface area contributed by atoms with Gasteiger partial charge in [0.05, 0.1) is 29.6 Å². The quantitative estimate of drug-likeness (QED) is 0.416. The number of furan rings is 1. The van der Waals surface area contributed by atoms with Crippen LogP contribution in [-0.2, 0) is 4.79 Å². The molecule has 4 aromatic rings. The van der Waals surface area contributed by atoms with Gasteiger partial charge in [0.2, 0.25) is 0 Å². The molecule has 0 spiro atoms. The normalized spacial score (nSPS) is 24.3. The standard InChI is InChI=1S/C24H24N6O3/c1-12-10-25-23-21(27-12)15(11-26-23)22-28-16(17-3-2-8-33-17)9-18(30-22)29-20-14-6-4-13(5-7-14)19(20)24(31)32/h2-3,8-11,13-14,19-20H,4-7H2,1H3,(H,25,26)(H,31,32)(H,28,29,30). The zero-order chi connectivity index (χ0) is 22.5. The van der Waals surface area contributed by atoms with E-state index < -0.39 is 11.9 Å². The second-order valence-electron chi connectivity index (χ2n) is 9.06. The van der Waals surface area contributed by atoms with Crippen LogP contribution in [0.2, 0.25) is 0 Å². The van der Waals surface area contributed by atoms with Gasteiger partial charge in [-0.1, -0.05) is 0 Å². The van der Waals surface area contributed by atoms with Gasteiger partial charge in [-0.15, -0.1) is 0 Å². The van der Waals surface area contributed by atoms with Crippen molar-refractivity contribution in [2.75, 3.05) is 5.32 Å². The summed E-state index contributed by atoms with van der Waals surface area (Å²) >= 11 is 0. The van der Waals surface area contributed by atoms with Crippen molar-refractivity contribution in [3.05, 3.63) is 42.5 Å². The lowest BCUT2D eigenvalue weighted by molar-refractivity contribution is -0.148. The highest BCUT2D eigenvalue weighted by Crippen LogP contribution is 2.46. The molecule has 0 aliphatic heterocycles. The first-order valence-electron chi connectivity index (χ1n) is 11.3. The number of nitrogens with one attached hydrogen (secondary N) is 2. The van der Waals surface area contributed by atoms with Gasteiger partial charge in [-0.3, -0.25) is 4.79 Å². The van der Waals surface area contributed by atoms with Crippen LogP contribution in [0, 0.1) is 24.7 Å². The molecular formula is C24H24N6O3. The van der Waals surface area contributed by atoms with Crippen LogP contribution in [-0.4, -0.2) is 42.0 Å². The average molecular weight is 444 g/mol. The summed E-state index contributed by atoms with van der Waals surface area (Å²) in [6.45, 7) is 1.89. The number of anilines is 1. The number of rotatable bonds is 5. The van der Waals surface area contributed by atoms with E-state index in [-0.39, 0.29) is 12.0 Å². The van der Waals surface area contributed by atoms with Crippen molar-refractivity contribution < 1.29 is 14.3 Å². The predicted molar refractivity (Wildman–Crippen MR) is 121 cm³/mol. The molecule has 9 nitrogen and oxygen atoms in total. The van der Waals surface area contributed by atoms with Gasteiger partial charge in [-0.05, 0) is 56.6 Å². The number of aryl methyl sites for hydroxylation is 1. The van der Waals surface area contributed by atoms with Crippen LogP contribution in [0.1, 0.15) is 31.4 Å². The van der Waals surface area contributed by atoms with Gasteiger partial charge in [0, 0.05) is 18.3 Å². The SMILES string of the molecule is Cc1cnc2[nH]cc(-c3nc(NC4C5CCC(CC5)C4C(=O)O)cc(-c4ccco4)n3)c2n1. The fourth-order valence-electron chi connectivity index (χ4n) is 5.53. The van der Waals surface area contributed by atoms with Gasteiger partial charge in [0.25, 0.3) is 0 Å². The number of nitrogens with zero attached hydrogens (tertiary/aromatic N) is 4. The van der Waals surface area contributed by atoms with Gasteiger partial charge in [0.15, 0.2) is 17.2 Å². The Morgan fingerprint density at radius 1 is 1.18 bits per heavy atom. The number of H-pyrrole nitrogens is 1. The minimum atomic E-state index is -0.732. The number of aliphatic carboxylic acids is 1. The van der Waals surface area contributed by atoms with E-state index in [1.165, 1.54) is 0 Å². The van der Waals surface area contributed by atoms with E-state index in [0.29, 0.717) is 40.2 Å². The number of carboxylic acid groups (broad SMARTS) is 1. The lowest BCUT2D eigenvalue weighted by Gasteiger charge is -2.47. The molecule has 3 aliphatic carbocycles. The Balaban J connectivity index is 1.45. The van der Waals surface area contributed by atoms with Gasteiger partial charge in [-0.25, -0.2) is 19.9 Å². The Bertz CT molecular complexity index is 1320. The molecular weight excluding hydrogens is 420 g/mol. The maximum atomic E-state index is 12.1. The number of aromatic amines is 1. The second-order valence-corrected chi connectivity index (χ2v) is 9.06. The van der Waals surface area contributed by atoms with E-state index in [4.69, 9.17) is 14.4 Å². The Hall–Kier alpha value is -3.75. The molecule has 168 valence electrons. The Morgan fingerprint density at radius 3 is 2.76 bits per heavy atom. The van der Waals surface area contributed by atoms with Gasteiger partial charge >= 0.3 is 5.97 Å². The minimum absolute atomic E-state index is 0.160. The number of fused-ring (bicyclic) bond motifs is 4. The molecule has 0 amide bonds. The van der Waals surface area contributed by atoms with E-state index in [0.717, 1.165) is 36.9 Å². The highest BCUT2D eigenvalue weighted by Gasteiger charge is 2.47. The Kier molecular flexibility index (Phi) is 4.63. The second kappa shape index (κ2) is 7.68. The molecule has 2 bridgehead atoms. The fourth-order valence-corrected chi connectivity index (χ4v) is 5.53. The van der Waals surface area contributed by atoms with Gasteiger partial charge in [-0.2, -0.15) is 0 Å². The Morgan fingerprint density at radius 2 is 2.00 bits per heavy atom. The molecule has 4 heterocycles. The highest BCUT2D eigenvalue weighted by atomic mass is 16.4. The molecule has 2 atom stereocenters. The van der Waals surface area contributed by atoms with Crippen molar-refractivity contribution >= 4 is 23.0 Å². The van der Waals surface area contributed by atoms with Crippen molar-refractivity contribution in [3.63, 3.8) is 0 Å². The predicted octanol–water partition coefficient (Wildman–Crippen LogP) is 4.28. The molecule has 3 aliphatic rings. The maximum absolute atomic E-state index is 12.1. The van der Waals surface area contributed by atoms with E-state index >= 15 is 0 Å². The molecule has 0 radical (unpaired) electrons. The molecule has 33 heavy (non-hydrogen) atoms. The van der Waals surface area contributed by atoms with Crippen LogP contribution >= 0.6 is 0 Å². The summed E-state index contributed by atoms with van der Waals surface area (Å²) in [5.74, 6) is 1.07. The summed E-state index contributed by atoms with van der Waals surface area (Å²) in [7, 11) is 0. The number of hydrogen-bond acceptors (Lipinski definition) is 7. The third-order valence-electron chi connectivity index (χ3n) is 7.06. The zero-order valence-electron chi connectivity index (χ0n) is 18.2. The number of carbonyl (C=O) groups is 1. The third-order valence-corrected chi connectivity index (χ3v) is 7.06. The summed E-state index contributed by atoms with van der Waals surface area (Å²) < 4.78 is 5.60. The van der Waals surface area contributed by atoms with Crippen molar-refractivity contribution in [3.8, 4) is 22.8 Å². The topological polar surface area (TPSA) is 130 Å². The van der Waals surface area contributed by atoms with Crippen LogP contribution in [0.5, 0.6) is 0 Å². The lowest BCUT2D eigenvalue weighted by atomic mass is 9.61. The zero-order valence-corrected chi connectivity index (χ0v) is 18.2. The summed E-state index contributed by atoms with van der Waals surface area (Å²) in [4.78, 5) is 33.8. The largest absolute Gasteiger partial charge is 0.481 e. The molecule has 4 aromatic heterocycles. The molecule has 7 rings (SSSR count). The fraction of sp³-hybridized carbons (Fsp3) is 0.375. The van der Waals surface area contributed by atoms with Crippen LogP contribution in [0.3, 0.4) is 0 Å². The monoisotopic (exact) mass is 444 g/mol. The molecule has 0 saturated heterocycles. The van der Waals surface area contributed by atoms with Crippen LogP contribution in [0.15, 0.2) is 41.3 Å². The minimum Gasteiger partial charge on any atom is -0.481 e. The number of carboxylic acids is 1. The van der Waals surface area contributed by atoms with Gasteiger partial charge < -0.3 is 19.8 Å². The van der Waals surface area contributed by atoms with Crippen LogP contribution < -0.4 is 5.32 Å². The lowest BCUT2D eigenvalue weighted by Crippen LogP contribution is -2.51. The average Bonchev–Trinajstić information content (AvgIpc) is 3.49. The van der Waals surface area contributed by atoms with Crippen LogP contribution in [0.4, 0.5) is 5.82 Å². The van der Waals surface area contributed by atoms with E-state index in [9.17, 15) is 9.90 Å². The first-order chi connectivity index (χ1) is 16.1. The molecule has 9 heteroatoms. The van der Waals surface area contributed by atoms with Gasteiger partial charge in [0.1, 0.15) is 17.0 Å². The van der Waals surface area contributed by atoms with Crippen LogP contribution in [0.25, 0.3) is 34.0 Å². The Labute approximate surface area is 189 Å². The number of aromatic nitrogens is 5. The van der Waals surface area contributed by atoms with E-state index in [1.54, 1.807) is 18.7 Å².